The van der Waals surface area contributed by atoms with Crippen molar-refractivity contribution >= 4 is 5.91 Å². The molecule has 1 N–H and O–H groups in total. The van der Waals surface area contributed by atoms with Crippen LogP contribution in [0.1, 0.15) is 26.5 Å². The molecule has 1 aromatic heterocycles. The number of hydrogen-bond acceptors (Lipinski definition) is 4. The second kappa shape index (κ2) is 7.00. The molecule has 2 rings (SSSR count). The van der Waals surface area contributed by atoms with E-state index in [1.165, 1.54) is 0 Å². The van der Waals surface area contributed by atoms with Gasteiger partial charge >= 0.3 is 0 Å². The first kappa shape index (κ1) is 15.9. The summed E-state index contributed by atoms with van der Waals surface area (Å²) in [6.07, 6.45) is 1.83. The van der Waals surface area contributed by atoms with Crippen molar-refractivity contribution in [3.8, 4) is 0 Å². The van der Waals surface area contributed by atoms with Crippen molar-refractivity contribution in [2.45, 2.75) is 32.9 Å². The Balaban J connectivity index is 1.84. The van der Waals surface area contributed by atoms with Crippen molar-refractivity contribution in [2.24, 2.45) is 0 Å². The maximum atomic E-state index is 12.5. The topological polar surface area (TPSA) is 48.5 Å². The van der Waals surface area contributed by atoms with E-state index in [1.54, 1.807) is 0 Å². The normalized spacial score (nSPS) is 17.0. The van der Waals surface area contributed by atoms with Crippen LogP contribution in [0.25, 0.3) is 0 Å². The van der Waals surface area contributed by atoms with Crippen LogP contribution in [-0.4, -0.2) is 59.0 Å². The van der Waals surface area contributed by atoms with Crippen LogP contribution in [0.5, 0.6) is 0 Å². The number of aromatic nitrogens is 1. The summed E-state index contributed by atoms with van der Waals surface area (Å²) in [4.78, 5) is 21.2. The number of pyridine rings is 1. The zero-order chi connectivity index (χ0) is 15.3. The summed E-state index contributed by atoms with van der Waals surface area (Å²) < 4.78 is 0. The molecule has 0 atom stereocenters. The zero-order valence-corrected chi connectivity index (χ0v) is 13.3. The lowest BCUT2D eigenvalue weighted by Crippen LogP contribution is -2.58. The summed E-state index contributed by atoms with van der Waals surface area (Å²) in [5, 5.41) is 3.26. The molecule has 116 valence electrons. The Hall–Kier alpha value is -1.46. The van der Waals surface area contributed by atoms with E-state index < -0.39 is 5.54 Å². The average molecular weight is 290 g/mol. The molecule has 1 aliphatic heterocycles. The van der Waals surface area contributed by atoms with Gasteiger partial charge in [0.05, 0.1) is 11.2 Å². The molecule has 0 aromatic carbocycles. The van der Waals surface area contributed by atoms with E-state index in [2.05, 4.69) is 15.2 Å². The van der Waals surface area contributed by atoms with Crippen LogP contribution < -0.4 is 5.32 Å². The summed E-state index contributed by atoms with van der Waals surface area (Å²) in [5.74, 6) is 0.196. The smallest absolute Gasteiger partial charge is 0.242 e. The van der Waals surface area contributed by atoms with Crippen molar-refractivity contribution in [3.05, 3.63) is 30.1 Å². The van der Waals surface area contributed by atoms with Gasteiger partial charge in [0.2, 0.25) is 5.91 Å². The van der Waals surface area contributed by atoms with Gasteiger partial charge in [-0.25, -0.2) is 0 Å². The lowest BCUT2D eigenvalue weighted by Gasteiger charge is -2.38. The van der Waals surface area contributed by atoms with Crippen LogP contribution in [0.15, 0.2) is 24.4 Å². The van der Waals surface area contributed by atoms with Crippen LogP contribution in [-0.2, 0) is 11.3 Å². The summed E-state index contributed by atoms with van der Waals surface area (Å²) >= 11 is 0. The molecule has 0 saturated carbocycles. The molecule has 5 heteroatoms. The van der Waals surface area contributed by atoms with Crippen molar-refractivity contribution in [1.29, 1.82) is 0 Å². The Kier molecular flexibility index (Phi) is 5.31. The largest absolute Gasteiger partial charge is 0.339 e. The number of nitrogens with one attached hydrogen (secondary N) is 1. The summed E-state index contributed by atoms with van der Waals surface area (Å²) in [6.45, 7) is 11.0. The Labute approximate surface area is 127 Å². The van der Waals surface area contributed by atoms with Crippen LogP contribution in [0.2, 0.25) is 0 Å². The van der Waals surface area contributed by atoms with Gasteiger partial charge in [0.15, 0.2) is 0 Å². The van der Waals surface area contributed by atoms with Gasteiger partial charge < -0.3 is 10.2 Å². The summed E-state index contributed by atoms with van der Waals surface area (Å²) in [5.41, 5.74) is 0.614. The third-order valence-corrected chi connectivity index (χ3v) is 3.92. The predicted molar refractivity (Wildman–Crippen MR) is 83.8 cm³/mol. The second-order valence-corrected chi connectivity index (χ2v) is 6.04. The first-order valence-electron chi connectivity index (χ1n) is 7.69. The van der Waals surface area contributed by atoms with Crippen molar-refractivity contribution in [1.82, 2.24) is 20.1 Å². The van der Waals surface area contributed by atoms with E-state index in [1.807, 2.05) is 50.1 Å². The van der Waals surface area contributed by atoms with E-state index >= 15 is 0 Å². The molecule has 2 heterocycles. The number of piperazine rings is 1. The van der Waals surface area contributed by atoms with Crippen LogP contribution in [0.3, 0.4) is 0 Å². The summed E-state index contributed by atoms with van der Waals surface area (Å²) in [6, 6.07) is 6.00. The number of carbonyl (C=O) groups excluding carboxylic acids is 1. The molecule has 0 spiro atoms. The molecule has 0 bridgehead atoms. The van der Waals surface area contributed by atoms with E-state index in [-0.39, 0.29) is 5.91 Å². The number of hydrogen-bond donors (Lipinski definition) is 1. The molecule has 0 radical (unpaired) electrons. The second-order valence-electron chi connectivity index (χ2n) is 6.04. The minimum Gasteiger partial charge on any atom is -0.339 e. The fourth-order valence-corrected chi connectivity index (χ4v) is 2.74. The number of nitrogens with zero attached hydrogens (tertiary/aromatic N) is 3. The standard InChI is InChI=1S/C16H26N4O/c1-4-18-16(2,3)15(21)20-11-9-19(10-12-20)13-14-7-5-6-8-17-14/h5-8,18H,4,9-13H2,1-3H3. The number of amides is 1. The third-order valence-electron chi connectivity index (χ3n) is 3.92. The first-order chi connectivity index (χ1) is 10.0. The van der Waals surface area contributed by atoms with Gasteiger partial charge in [-0.05, 0) is 32.5 Å². The summed E-state index contributed by atoms with van der Waals surface area (Å²) in [7, 11) is 0. The van der Waals surface area contributed by atoms with Gasteiger partial charge in [-0.15, -0.1) is 0 Å². The molecule has 1 aliphatic rings. The number of likely N-dealkylation sites (N-methyl/N-ethyl adjacent to an activating group) is 1. The number of rotatable bonds is 5. The predicted octanol–water partition coefficient (Wildman–Crippen LogP) is 1.11. The molecule has 1 aromatic rings. The molecule has 1 fully saturated rings. The SMILES string of the molecule is CCNC(C)(C)C(=O)N1CCN(Cc2ccccn2)CC1. The van der Waals surface area contributed by atoms with Crippen molar-refractivity contribution < 1.29 is 4.79 Å². The highest BCUT2D eigenvalue weighted by molar-refractivity contribution is 5.85. The van der Waals surface area contributed by atoms with Crippen LogP contribution in [0.4, 0.5) is 0 Å². The Bertz CT molecular complexity index is 453. The van der Waals surface area contributed by atoms with Gasteiger partial charge in [-0.1, -0.05) is 13.0 Å². The average Bonchev–Trinajstić information content (AvgIpc) is 2.48. The molecule has 21 heavy (non-hydrogen) atoms. The van der Waals surface area contributed by atoms with Gasteiger partial charge in [0.25, 0.3) is 0 Å². The lowest BCUT2D eigenvalue weighted by atomic mass is 10.0. The van der Waals surface area contributed by atoms with E-state index in [4.69, 9.17) is 0 Å². The lowest BCUT2D eigenvalue weighted by molar-refractivity contribution is -0.139. The highest BCUT2D eigenvalue weighted by Crippen LogP contribution is 2.12. The van der Waals surface area contributed by atoms with Gasteiger partial charge in [-0.2, -0.15) is 0 Å². The Morgan fingerprint density at radius 2 is 2.00 bits per heavy atom. The van der Waals surface area contributed by atoms with E-state index in [0.717, 1.165) is 45.0 Å². The first-order valence-corrected chi connectivity index (χ1v) is 7.69. The van der Waals surface area contributed by atoms with Gasteiger partial charge in [0.1, 0.15) is 0 Å². The van der Waals surface area contributed by atoms with Crippen LogP contribution >= 0.6 is 0 Å². The number of carbonyl (C=O) groups is 1. The maximum Gasteiger partial charge on any atom is 0.242 e. The minimum absolute atomic E-state index is 0.196. The van der Waals surface area contributed by atoms with E-state index in [0.29, 0.717) is 0 Å². The molecule has 1 amide bonds. The Morgan fingerprint density at radius 1 is 1.29 bits per heavy atom. The van der Waals surface area contributed by atoms with Crippen LogP contribution in [0, 0.1) is 0 Å². The van der Waals surface area contributed by atoms with E-state index in [9.17, 15) is 4.79 Å². The van der Waals surface area contributed by atoms with Gasteiger partial charge in [0, 0.05) is 38.9 Å². The Morgan fingerprint density at radius 3 is 2.57 bits per heavy atom. The zero-order valence-electron chi connectivity index (χ0n) is 13.3. The molecule has 0 unspecified atom stereocenters. The molecule has 0 aliphatic carbocycles. The van der Waals surface area contributed by atoms with Crippen molar-refractivity contribution in [2.75, 3.05) is 32.7 Å². The van der Waals surface area contributed by atoms with Crippen molar-refractivity contribution in [3.63, 3.8) is 0 Å². The monoisotopic (exact) mass is 290 g/mol. The molecular formula is C16H26N4O. The fourth-order valence-electron chi connectivity index (χ4n) is 2.74. The third kappa shape index (κ3) is 4.25. The highest BCUT2D eigenvalue weighted by atomic mass is 16.2. The molecule has 1 saturated heterocycles. The minimum atomic E-state index is -0.474. The molecule has 5 nitrogen and oxygen atoms in total. The van der Waals surface area contributed by atoms with Gasteiger partial charge in [-0.3, -0.25) is 14.7 Å². The fraction of sp³-hybridized carbons (Fsp3) is 0.625. The highest BCUT2D eigenvalue weighted by Gasteiger charge is 2.32. The maximum absolute atomic E-state index is 12.5. The molecular weight excluding hydrogens is 264 g/mol. The quantitative estimate of drug-likeness (QED) is 0.883.